The van der Waals surface area contributed by atoms with Gasteiger partial charge in [-0.15, -0.1) is 0 Å². The maximum atomic E-state index is 2.31. The van der Waals surface area contributed by atoms with E-state index in [9.17, 15) is 0 Å². The summed E-state index contributed by atoms with van der Waals surface area (Å²) in [6.45, 7) is 4.62. The topological polar surface area (TPSA) is 0 Å². The van der Waals surface area contributed by atoms with Crippen molar-refractivity contribution < 1.29 is 0 Å². The first kappa shape index (κ1) is 6.12. The molecule has 0 N–H and O–H groups in total. The van der Waals surface area contributed by atoms with Gasteiger partial charge in [-0.3, -0.25) is 0 Å². The van der Waals surface area contributed by atoms with Gasteiger partial charge in [0.2, 0.25) is 0 Å². The van der Waals surface area contributed by atoms with Gasteiger partial charge in [0.1, 0.15) is 0 Å². The van der Waals surface area contributed by atoms with E-state index in [1.165, 1.54) is 25.7 Å². The summed E-state index contributed by atoms with van der Waals surface area (Å²) in [4.78, 5) is 0. The van der Waals surface area contributed by atoms with E-state index in [1.54, 1.807) is 0 Å². The van der Waals surface area contributed by atoms with Crippen molar-refractivity contribution >= 4 is 0 Å². The maximum absolute atomic E-state index is 2.31. The van der Waals surface area contributed by atoms with Crippen LogP contribution in [0, 0.1) is 11.8 Å². The first-order valence-corrected chi connectivity index (χ1v) is 3.79. The summed E-state index contributed by atoms with van der Waals surface area (Å²) in [7, 11) is 0. The first-order valence-electron chi connectivity index (χ1n) is 3.79. The Morgan fingerprint density at radius 2 is 2.00 bits per heavy atom. The van der Waals surface area contributed by atoms with Crippen molar-refractivity contribution in [1.29, 1.82) is 0 Å². The second-order valence-corrected chi connectivity index (χ2v) is 3.41. The van der Waals surface area contributed by atoms with Crippen LogP contribution in [0.15, 0.2) is 0 Å². The molecule has 0 spiro atoms. The lowest BCUT2D eigenvalue weighted by Gasteiger charge is -2.00. The molecule has 1 aliphatic rings. The molecule has 0 amide bonds. The van der Waals surface area contributed by atoms with Gasteiger partial charge in [-0.2, -0.15) is 0 Å². The fourth-order valence-electron chi connectivity index (χ4n) is 0.976. The predicted molar refractivity (Wildman–Crippen MR) is 36.8 cm³/mol. The van der Waals surface area contributed by atoms with E-state index >= 15 is 0 Å². The number of hydrogen-bond acceptors (Lipinski definition) is 0. The lowest BCUT2D eigenvalue weighted by atomic mass is 10.1. The second kappa shape index (κ2) is 2.52. The molecule has 0 radical (unpaired) electrons. The fourth-order valence-corrected chi connectivity index (χ4v) is 0.976. The Kier molecular flexibility index (Phi) is 1.93. The van der Waals surface area contributed by atoms with Crippen molar-refractivity contribution in [3.63, 3.8) is 0 Å². The van der Waals surface area contributed by atoms with Crippen molar-refractivity contribution in [2.45, 2.75) is 39.5 Å². The van der Waals surface area contributed by atoms with E-state index in [1.807, 2.05) is 0 Å². The Hall–Kier alpha value is 0. The van der Waals surface area contributed by atoms with Crippen molar-refractivity contribution in [1.82, 2.24) is 0 Å². The molecule has 0 unspecified atom stereocenters. The summed E-state index contributed by atoms with van der Waals surface area (Å²) in [5.74, 6) is 2.06. The van der Waals surface area contributed by atoms with Crippen LogP contribution < -0.4 is 0 Å². The third kappa shape index (κ3) is 2.34. The molecule has 0 aromatic rings. The highest BCUT2D eigenvalue weighted by molar-refractivity contribution is 4.72. The quantitative estimate of drug-likeness (QED) is 0.526. The average molecular weight is 112 g/mol. The third-order valence-electron chi connectivity index (χ3n) is 1.85. The molecule has 1 saturated carbocycles. The molecular formula is C8H16. The Labute approximate surface area is 52.3 Å². The molecule has 48 valence electrons. The van der Waals surface area contributed by atoms with Gasteiger partial charge in [-0.25, -0.2) is 0 Å². The largest absolute Gasteiger partial charge is 0.0628 e. The van der Waals surface area contributed by atoms with Gasteiger partial charge in [0.25, 0.3) is 0 Å². The molecule has 1 fully saturated rings. The van der Waals surface area contributed by atoms with E-state index in [4.69, 9.17) is 0 Å². The van der Waals surface area contributed by atoms with Gasteiger partial charge < -0.3 is 0 Å². The SMILES string of the molecule is CC(C)CCC1CC1. The minimum atomic E-state index is 0.926. The van der Waals surface area contributed by atoms with Crippen LogP contribution in [0.3, 0.4) is 0 Å². The van der Waals surface area contributed by atoms with Crippen LogP contribution in [-0.2, 0) is 0 Å². The van der Waals surface area contributed by atoms with E-state index in [0.717, 1.165) is 11.8 Å². The standard InChI is InChI=1S/C8H16/c1-7(2)3-4-8-5-6-8/h7-8H,3-6H2,1-2H3. The summed E-state index contributed by atoms with van der Waals surface area (Å²) in [5.41, 5.74) is 0. The molecule has 0 aromatic heterocycles. The normalized spacial score (nSPS) is 19.9. The molecule has 1 aliphatic carbocycles. The van der Waals surface area contributed by atoms with Crippen LogP contribution in [0.4, 0.5) is 0 Å². The Bertz CT molecular complexity index is 58.4. The Morgan fingerprint density at radius 1 is 1.38 bits per heavy atom. The van der Waals surface area contributed by atoms with Gasteiger partial charge in [0.05, 0.1) is 0 Å². The highest BCUT2D eigenvalue weighted by Crippen LogP contribution is 2.34. The lowest BCUT2D eigenvalue weighted by Crippen LogP contribution is -1.86. The molecule has 0 aromatic carbocycles. The van der Waals surface area contributed by atoms with Crippen LogP contribution in [0.2, 0.25) is 0 Å². The minimum absolute atomic E-state index is 0.926. The van der Waals surface area contributed by atoms with Crippen LogP contribution in [0.5, 0.6) is 0 Å². The molecule has 0 atom stereocenters. The zero-order valence-electron chi connectivity index (χ0n) is 5.98. The van der Waals surface area contributed by atoms with Gasteiger partial charge in [-0.1, -0.05) is 39.5 Å². The van der Waals surface area contributed by atoms with E-state index in [2.05, 4.69) is 13.8 Å². The van der Waals surface area contributed by atoms with Gasteiger partial charge >= 0.3 is 0 Å². The maximum Gasteiger partial charge on any atom is -0.0414 e. The second-order valence-electron chi connectivity index (χ2n) is 3.41. The fraction of sp³-hybridized carbons (Fsp3) is 1.00. The van der Waals surface area contributed by atoms with Crippen molar-refractivity contribution in [3.8, 4) is 0 Å². The monoisotopic (exact) mass is 112 g/mol. The number of hydrogen-bond donors (Lipinski definition) is 0. The van der Waals surface area contributed by atoms with Gasteiger partial charge in [0, 0.05) is 0 Å². The summed E-state index contributed by atoms with van der Waals surface area (Å²) in [6, 6.07) is 0. The molecule has 1 rings (SSSR count). The lowest BCUT2D eigenvalue weighted by molar-refractivity contribution is 0.528. The molecular weight excluding hydrogens is 96.1 g/mol. The van der Waals surface area contributed by atoms with Gasteiger partial charge in [-0.05, 0) is 11.8 Å². The highest BCUT2D eigenvalue weighted by Gasteiger charge is 2.20. The van der Waals surface area contributed by atoms with E-state index in [-0.39, 0.29) is 0 Å². The number of rotatable bonds is 3. The van der Waals surface area contributed by atoms with Crippen LogP contribution in [0.25, 0.3) is 0 Å². The molecule has 0 heteroatoms. The van der Waals surface area contributed by atoms with Crippen molar-refractivity contribution in [2.24, 2.45) is 11.8 Å². The van der Waals surface area contributed by atoms with E-state index < -0.39 is 0 Å². The molecule has 8 heavy (non-hydrogen) atoms. The summed E-state index contributed by atoms with van der Waals surface area (Å²) in [5, 5.41) is 0. The summed E-state index contributed by atoms with van der Waals surface area (Å²) in [6.07, 6.45) is 5.99. The highest BCUT2D eigenvalue weighted by atomic mass is 14.3. The molecule has 0 bridgehead atoms. The third-order valence-corrected chi connectivity index (χ3v) is 1.85. The Morgan fingerprint density at radius 3 is 2.38 bits per heavy atom. The van der Waals surface area contributed by atoms with Crippen LogP contribution in [0.1, 0.15) is 39.5 Å². The van der Waals surface area contributed by atoms with E-state index in [0.29, 0.717) is 0 Å². The average Bonchev–Trinajstić information content (AvgIpc) is 2.41. The molecule has 0 heterocycles. The smallest absolute Gasteiger partial charge is 0.0414 e. The van der Waals surface area contributed by atoms with Gasteiger partial charge in [0.15, 0.2) is 0 Å². The summed E-state index contributed by atoms with van der Waals surface area (Å²) >= 11 is 0. The zero-order valence-corrected chi connectivity index (χ0v) is 5.98. The van der Waals surface area contributed by atoms with Crippen molar-refractivity contribution in [3.05, 3.63) is 0 Å². The minimum Gasteiger partial charge on any atom is -0.0628 e. The summed E-state index contributed by atoms with van der Waals surface area (Å²) < 4.78 is 0. The molecule has 0 saturated heterocycles. The van der Waals surface area contributed by atoms with Crippen LogP contribution >= 0.6 is 0 Å². The first-order chi connectivity index (χ1) is 3.79. The predicted octanol–water partition coefficient (Wildman–Crippen LogP) is 2.83. The molecule has 0 aliphatic heterocycles. The Balaban J connectivity index is 1.87. The zero-order chi connectivity index (χ0) is 5.98. The van der Waals surface area contributed by atoms with Crippen LogP contribution in [-0.4, -0.2) is 0 Å². The van der Waals surface area contributed by atoms with Crippen molar-refractivity contribution in [2.75, 3.05) is 0 Å². The molecule has 0 nitrogen and oxygen atoms in total.